The van der Waals surface area contributed by atoms with Crippen molar-refractivity contribution in [2.45, 2.75) is 58.2 Å². The minimum atomic E-state index is -0.947. The Balaban J connectivity index is 2.86. The van der Waals surface area contributed by atoms with Crippen LogP contribution in [0.2, 0.25) is 0 Å². The van der Waals surface area contributed by atoms with Crippen LogP contribution in [0.4, 0.5) is 0 Å². The molecule has 1 heterocycles. The number of carboxylic acids is 1. The van der Waals surface area contributed by atoms with E-state index in [4.69, 9.17) is 5.11 Å². The van der Waals surface area contributed by atoms with E-state index in [0.29, 0.717) is 6.54 Å². The van der Waals surface area contributed by atoms with E-state index in [1.54, 1.807) is 4.90 Å². The molecule has 1 rings (SSSR count). The molecule has 0 radical (unpaired) electrons. The number of nitrogens with zero attached hydrogens (tertiary/aromatic N) is 1. The van der Waals surface area contributed by atoms with E-state index >= 15 is 0 Å². The first kappa shape index (κ1) is 14.0. The van der Waals surface area contributed by atoms with Crippen LogP contribution < -0.4 is 5.32 Å². The first-order valence-electron chi connectivity index (χ1n) is 6.07. The number of carbonyl (C=O) groups is 2. The largest absolute Gasteiger partial charge is 0.481 e. The molecular weight excluding hydrogens is 220 g/mol. The summed E-state index contributed by atoms with van der Waals surface area (Å²) in [6, 6.07) is -0.453. The van der Waals surface area contributed by atoms with Gasteiger partial charge in [-0.2, -0.15) is 0 Å². The smallest absolute Gasteiger partial charge is 0.305 e. The monoisotopic (exact) mass is 242 g/mol. The number of carbonyl (C=O) groups excluding carboxylic acids is 1. The molecule has 1 saturated heterocycles. The number of aliphatic carboxylic acids is 1. The van der Waals surface area contributed by atoms with Crippen molar-refractivity contribution < 1.29 is 14.7 Å². The van der Waals surface area contributed by atoms with E-state index in [9.17, 15) is 9.59 Å². The normalized spacial score (nSPS) is 25.8. The molecule has 0 bridgehead atoms. The minimum absolute atomic E-state index is 0.0962. The lowest BCUT2D eigenvalue weighted by molar-refractivity contribution is -0.147. The number of nitrogens with one attached hydrogen (secondary N) is 1. The molecule has 98 valence electrons. The van der Waals surface area contributed by atoms with Crippen LogP contribution in [0, 0.1) is 0 Å². The van der Waals surface area contributed by atoms with E-state index < -0.39 is 12.0 Å². The Kier molecular flexibility index (Phi) is 4.14. The lowest BCUT2D eigenvalue weighted by atomic mass is 9.95. The molecule has 1 aliphatic heterocycles. The van der Waals surface area contributed by atoms with Crippen LogP contribution >= 0.6 is 0 Å². The molecule has 0 aromatic carbocycles. The van der Waals surface area contributed by atoms with Crippen LogP contribution in [0.1, 0.15) is 40.5 Å². The summed E-state index contributed by atoms with van der Waals surface area (Å²) in [6.45, 7) is 8.63. The van der Waals surface area contributed by atoms with Crippen molar-refractivity contribution in [2.24, 2.45) is 0 Å². The maximum Gasteiger partial charge on any atom is 0.305 e. The Morgan fingerprint density at radius 3 is 2.71 bits per heavy atom. The fourth-order valence-corrected chi connectivity index (χ4v) is 2.19. The van der Waals surface area contributed by atoms with Gasteiger partial charge in [-0.05, 0) is 27.2 Å². The molecule has 0 aromatic rings. The molecule has 1 aliphatic rings. The van der Waals surface area contributed by atoms with Crippen LogP contribution in [0.25, 0.3) is 0 Å². The van der Waals surface area contributed by atoms with Gasteiger partial charge in [0, 0.05) is 18.1 Å². The first-order valence-corrected chi connectivity index (χ1v) is 6.07. The lowest BCUT2D eigenvalue weighted by Crippen LogP contribution is -2.66. The number of hydrogen-bond acceptors (Lipinski definition) is 3. The van der Waals surface area contributed by atoms with Gasteiger partial charge in [-0.1, -0.05) is 6.92 Å². The van der Waals surface area contributed by atoms with Crippen LogP contribution in [0.3, 0.4) is 0 Å². The Labute approximate surface area is 102 Å². The van der Waals surface area contributed by atoms with E-state index in [2.05, 4.69) is 5.32 Å². The summed E-state index contributed by atoms with van der Waals surface area (Å²) in [7, 11) is 0. The average molecular weight is 242 g/mol. The molecule has 5 nitrogen and oxygen atoms in total. The highest BCUT2D eigenvalue weighted by Crippen LogP contribution is 2.20. The molecule has 2 unspecified atom stereocenters. The molecule has 0 saturated carbocycles. The van der Waals surface area contributed by atoms with Crippen molar-refractivity contribution >= 4 is 11.9 Å². The van der Waals surface area contributed by atoms with Gasteiger partial charge in [-0.15, -0.1) is 0 Å². The Morgan fingerprint density at radius 1 is 1.65 bits per heavy atom. The van der Waals surface area contributed by atoms with E-state index in [-0.39, 0.29) is 23.9 Å². The zero-order valence-corrected chi connectivity index (χ0v) is 11.0. The van der Waals surface area contributed by atoms with Crippen LogP contribution in [0.15, 0.2) is 0 Å². The summed E-state index contributed by atoms with van der Waals surface area (Å²) >= 11 is 0. The molecule has 17 heavy (non-hydrogen) atoms. The van der Waals surface area contributed by atoms with Gasteiger partial charge in [0.15, 0.2) is 0 Å². The van der Waals surface area contributed by atoms with Gasteiger partial charge in [0.05, 0.1) is 12.5 Å². The summed E-state index contributed by atoms with van der Waals surface area (Å²) in [5.41, 5.74) is -0.239. The van der Waals surface area contributed by atoms with Crippen LogP contribution in [-0.2, 0) is 9.59 Å². The van der Waals surface area contributed by atoms with E-state index in [0.717, 1.165) is 6.42 Å². The van der Waals surface area contributed by atoms with Crippen molar-refractivity contribution in [2.75, 3.05) is 6.54 Å². The Bertz CT molecular complexity index is 315. The summed E-state index contributed by atoms with van der Waals surface area (Å²) < 4.78 is 0. The predicted molar refractivity (Wildman–Crippen MR) is 64.7 cm³/mol. The molecule has 2 N–H and O–H groups in total. The molecule has 2 atom stereocenters. The third-order valence-corrected chi connectivity index (χ3v) is 3.21. The van der Waals surface area contributed by atoms with Gasteiger partial charge >= 0.3 is 5.97 Å². The standard InChI is InChI=1S/C12H22N2O3/c1-5-8(2)14-7-12(3,4)13-9(11(14)17)6-10(15)16/h8-9,13H,5-7H2,1-4H3,(H,15,16). The number of rotatable bonds is 4. The van der Waals surface area contributed by atoms with Crippen LogP contribution in [-0.4, -0.2) is 46.1 Å². The minimum Gasteiger partial charge on any atom is -0.481 e. The Hall–Kier alpha value is -1.10. The van der Waals surface area contributed by atoms with Gasteiger partial charge in [-0.25, -0.2) is 0 Å². The second kappa shape index (κ2) is 5.04. The second-order valence-corrected chi connectivity index (χ2v) is 5.40. The second-order valence-electron chi connectivity index (χ2n) is 5.40. The van der Waals surface area contributed by atoms with Crippen molar-refractivity contribution in [3.8, 4) is 0 Å². The highest BCUT2D eigenvalue weighted by molar-refractivity contribution is 5.87. The molecule has 1 fully saturated rings. The zero-order chi connectivity index (χ0) is 13.2. The third kappa shape index (κ3) is 3.43. The summed E-state index contributed by atoms with van der Waals surface area (Å²) in [5, 5.41) is 11.9. The summed E-state index contributed by atoms with van der Waals surface area (Å²) in [5.74, 6) is -1.04. The number of hydrogen-bond donors (Lipinski definition) is 2. The molecular formula is C12H22N2O3. The number of amides is 1. The van der Waals surface area contributed by atoms with Gasteiger partial charge in [0.1, 0.15) is 0 Å². The quantitative estimate of drug-likeness (QED) is 0.766. The number of carboxylic acid groups (broad SMARTS) is 1. The summed E-state index contributed by atoms with van der Waals surface area (Å²) in [6.07, 6.45) is 0.719. The summed E-state index contributed by atoms with van der Waals surface area (Å²) in [4.78, 5) is 24.7. The van der Waals surface area contributed by atoms with Crippen LogP contribution in [0.5, 0.6) is 0 Å². The van der Waals surface area contributed by atoms with Crippen molar-refractivity contribution in [1.82, 2.24) is 10.2 Å². The topological polar surface area (TPSA) is 69.6 Å². The highest BCUT2D eigenvalue weighted by Gasteiger charge is 2.40. The number of piperazine rings is 1. The zero-order valence-electron chi connectivity index (χ0n) is 11.0. The average Bonchev–Trinajstić information content (AvgIpc) is 2.20. The maximum absolute atomic E-state index is 12.1. The van der Waals surface area contributed by atoms with E-state index in [1.807, 2.05) is 27.7 Å². The van der Waals surface area contributed by atoms with Gasteiger partial charge in [0.2, 0.25) is 5.91 Å². The fraction of sp³-hybridized carbons (Fsp3) is 0.833. The third-order valence-electron chi connectivity index (χ3n) is 3.21. The molecule has 0 spiro atoms. The Morgan fingerprint density at radius 2 is 2.24 bits per heavy atom. The van der Waals surface area contributed by atoms with Gasteiger partial charge in [-0.3, -0.25) is 14.9 Å². The fourth-order valence-electron chi connectivity index (χ4n) is 2.19. The highest BCUT2D eigenvalue weighted by atomic mass is 16.4. The maximum atomic E-state index is 12.1. The van der Waals surface area contributed by atoms with Gasteiger partial charge in [0.25, 0.3) is 0 Å². The predicted octanol–water partition coefficient (Wildman–Crippen LogP) is 0.839. The van der Waals surface area contributed by atoms with Crippen molar-refractivity contribution in [3.63, 3.8) is 0 Å². The van der Waals surface area contributed by atoms with Crippen molar-refractivity contribution in [3.05, 3.63) is 0 Å². The molecule has 1 amide bonds. The first-order chi connectivity index (χ1) is 7.76. The molecule has 0 aliphatic carbocycles. The SMILES string of the molecule is CCC(C)N1CC(C)(C)NC(CC(=O)O)C1=O. The lowest BCUT2D eigenvalue weighted by Gasteiger charge is -2.45. The van der Waals surface area contributed by atoms with Crippen molar-refractivity contribution in [1.29, 1.82) is 0 Å². The molecule has 5 heteroatoms. The van der Waals surface area contributed by atoms with Gasteiger partial charge < -0.3 is 10.0 Å². The molecule has 0 aromatic heterocycles. The van der Waals surface area contributed by atoms with E-state index in [1.165, 1.54) is 0 Å².